The van der Waals surface area contributed by atoms with Crippen LogP contribution in [0.2, 0.25) is 0 Å². The minimum atomic E-state index is -4.08. The molecule has 1 unspecified atom stereocenters. The van der Waals surface area contributed by atoms with Crippen LogP contribution in [0.5, 0.6) is 0 Å². The lowest BCUT2D eigenvalue weighted by Gasteiger charge is -2.09. The van der Waals surface area contributed by atoms with Gasteiger partial charge >= 0.3 is 0 Å². The summed E-state index contributed by atoms with van der Waals surface area (Å²) in [6.45, 7) is 2.16. The summed E-state index contributed by atoms with van der Waals surface area (Å²) in [6.07, 6.45) is 4.33. The van der Waals surface area contributed by atoms with Crippen molar-refractivity contribution in [3.63, 3.8) is 0 Å². The Morgan fingerprint density at radius 2 is 2.12 bits per heavy atom. The molecule has 1 atom stereocenters. The summed E-state index contributed by atoms with van der Waals surface area (Å²) in [5, 5.41) is 0. The monoisotopic (exact) mass is 368 g/mol. The van der Waals surface area contributed by atoms with Crippen molar-refractivity contribution in [3.8, 4) is 0 Å². The lowest BCUT2D eigenvalue weighted by Crippen LogP contribution is -2.04. The van der Waals surface area contributed by atoms with Crippen LogP contribution in [0.3, 0.4) is 0 Å². The second kappa shape index (κ2) is 6.70. The van der Waals surface area contributed by atoms with Gasteiger partial charge in [0.25, 0.3) is 10.1 Å². The van der Waals surface area contributed by atoms with E-state index in [4.69, 9.17) is 4.55 Å². The highest BCUT2D eigenvalue weighted by Crippen LogP contribution is 2.19. The van der Waals surface area contributed by atoms with Crippen LogP contribution in [0.25, 0.3) is 0 Å². The summed E-state index contributed by atoms with van der Waals surface area (Å²) in [6, 6.07) is 6.52. The molecule has 0 radical (unpaired) electrons. The van der Waals surface area contributed by atoms with Crippen LogP contribution in [-0.4, -0.2) is 16.9 Å². The summed E-state index contributed by atoms with van der Waals surface area (Å²) in [5.41, 5.74) is 0.954. The summed E-state index contributed by atoms with van der Waals surface area (Å²) in [5.74, 6) is 0. The molecule has 0 aliphatic carbocycles. The van der Waals surface area contributed by atoms with Gasteiger partial charge in [-0.05, 0) is 30.5 Å². The summed E-state index contributed by atoms with van der Waals surface area (Å²) >= 11 is 2.39. The Balaban J connectivity index is 2.73. The lowest BCUT2D eigenvalue weighted by atomic mass is 10.1. The van der Waals surface area contributed by atoms with Crippen LogP contribution in [0.4, 0.5) is 0 Å². The van der Waals surface area contributed by atoms with Crippen LogP contribution < -0.4 is 0 Å². The van der Waals surface area contributed by atoms with Gasteiger partial charge in [-0.2, -0.15) is 8.42 Å². The van der Waals surface area contributed by atoms with Crippen LogP contribution in [0.15, 0.2) is 29.2 Å². The van der Waals surface area contributed by atoms with Gasteiger partial charge in [-0.3, -0.25) is 4.55 Å². The van der Waals surface area contributed by atoms with Crippen molar-refractivity contribution in [1.82, 2.24) is 0 Å². The van der Waals surface area contributed by atoms with E-state index >= 15 is 0 Å². The first-order chi connectivity index (χ1) is 7.93. The van der Waals surface area contributed by atoms with E-state index in [1.807, 2.05) is 6.07 Å². The number of rotatable bonds is 6. The molecule has 5 heteroatoms. The topological polar surface area (TPSA) is 54.4 Å². The summed E-state index contributed by atoms with van der Waals surface area (Å²) < 4.78 is 31.5. The highest BCUT2D eigenvalue weighted by molar-refractivity contribution is 14.1. The standard InChI is InChI=1S/C12H17IO3S/c1-2-3-6-11(13)8-10-5-4-7-12(9-10)17(14,15)16/h4-5,7,9,11H,2-3,6,8H2,1H3,(H,14,15,16). The van der Waals surface area contributed by atoms with Crippen molar-refractivity contribution >= 4 is 32.7 Å². The van der Waals surface area contributed by atoms with Gasteiger partial charge in [0.1, 0.15) is 0 Å². The fourth-order valence-electron chi connectivity index (χ4n) is 1.62. The molecule has 0 amide bonds. The maximum atomic E-state index is 11.0. The molecule has 96 valence electrons. The molecule has 17 heavy (non-hydrogen) atoms. The van der Waals surface area contributed by atoms with E-state index < -0.39 is 10.1 Å². The predicted molar refractivity (Wildman–Crippen MR) is 77.3 cm³/mol. The maximum absolute atomic E-state index is 11.0. The molecule has 0 aromatic heterocycles. The van der Waals surface area contributed by atoms with E-state index in [1.54, 1.807) is 12.1 Å². The first-order valence-electron chi connectivity index (χ1n) is 5.64. The molecule has 3 nitrogen and oxygen atoms in total. The average molecular weight is 368 g/mol. The minimum absolute atomic E-state index is 0.0194. The Bertz CT molecular complexity index is 457. The molecule has 0 aliphatic heterocycles. The van der Waals surface area contributed by atoms with Gasteiger partial charge in [-0.25, -0.2) is 0 Å². The second-order valence-corrected chi connectivity index (χ2v) is 7.25. The second-order valence-electron chi connectivity index (χ2n) is 4.07. The van der Waals surface area contributed by atoms with Crippen molar-refractivity contribution < 1.29 is 13.0 Å². The normalized spacial score (nSPS) is 13.6. The van der Waals surface area contributed by atoms with Crippen molar-refractivity contribution in [2.24, 2.45) is 0 Å². The van der Waals surface area contributed by atoms with E-state index in [1.165, 1.54) is 18.9 Å². The molecular weight excluding hydrogens is 351 g/mol. The van der Waals surface area contributed by atoms with E-state index in [-0.39, 0.29) is 4.90 Å². The van der Waals surface area contributed by atoms with Crippen molar-refractivity contribution in [2.45, 2.75) is 41.4 Å². The molecule has 1 rings (SSSR count). The van der Waals surface area contributed by atoms with Crippen LogP contribution in [-0.2, 0) is 16.5 Å². The van der Waals surface area contributed by atoms with Crippen molar-refractivity contribution in [1.29, 1.82) is 0 Å². The van der Waals surface area contributed by atoms with E-state index in [0.717, 1.165) is 18.4 Å². The zero-order chi connectivity index (χ0) is 12.9. The largest absolute Gasteiger partial charge is 0.294 e. The number of halogens is 1. The number of hydrogen-bond donors (Lipinski definition) is 1. The fraction of sp³-hybridized carbons (Fsp3) is 0.500. The maximum Gasteiger partial charge on any atom is 0.294 e. The van der Waals surface area contributed by atoms with Gasteiger partial charge in [-0.15, -0.1) is 0 Å². The highest BCUT2D eigenvalue weighted by atomic mass is 127. The Morgan fingerprint density at radius 1 is 1.41 bits per heavy atom. The smallest absolute Gasteiger partial charge is 0.282 e. The zero-order valence-corrected chi connectivity index (χ0v) is 12.7. The zero-order valence-electron chi connectivity index (χ0n) is 9.77. The Labute approximate surface area is 117 Å². The first-order valence-corrected chi connectivity index (χ1v) is 8.32. The fourth-order valence-corrected chi connectivity index (χ4v) is 3.12. The average Bonchev–Trinajstić information content (AvgIpc) is 2.25. The highest BCUT2D eigenvalue weighted by Gasteiger charge is 2.11. The molecule has 1 N–H and O–H groups in total. The molecule has 0 saturated heterocycles. The van der Waals surface area contributed by atoms with Gasteiger partial charge in [0, 0.05) is 3.92 Å². The van der Waals surface area contributed by atoms with Gasteiger partial charge in [0.15, 0.2) is 0 Å². The lowest BCUT2D eigenvalue weighted by molar-refractivity contribution is 0.483. The molecule has 1 aromatic rings. The van der Waals surface area contributed by atoms with E-state index in [0.29, 0.717) is 3.92 Å². The molecule has 0 spiro atoms. The minimum Gasteiger partial charge on any atom is -0.282 e. The van der Waals surface area contributed by atoms with Gasteiger partial charge in [0.2, 0.25) is 0 Å². The number of alkyl halides is 1. The summed E-state index contributed by atoms with van der Waals surface area (Å²) in [4.78, 5) is -0.0194. The predicted octanol–water partition coefficient (Wildman–Crippen LogP) is 3.47. The number of hydrogen-bond acceptors (Lipinski definition) is 2. The third-order valence-corrected chi connectivity index (χ3v) is 4.44. The van der Waals surface area contributed by atoms with Gasteiger partial charge < -0.3 is 0 Å². The van der Waals surface area contributed by atoms with Crippen LogP contribution >= 0.6 is 22.6 Å². The summed E-state index contributed by atoms with van der Waals surface area (Å²) in [7, 11) is -4.08. The Morgan fingerprint density at radius 3 is 2.71 bits per heavy atom. The van der Waals surface area contributed by atoms with E-state index in [9.17, 15) is 8.42 Å². The van der Waals surface area contributed by atoms with Gasteiger partial charge in [0.05, 0.1) is 4.90 Å². The van der Waals surface area contributed by atoms with E-state index in [2.05, 4.69) is 29.5 Å². The first kappa shape index (κ1) is 14.9. The molecule has 0 heterocycles. The van der Waals surface area contributed by atoms with Crippen molar-refractivity contribution in [3.05, 3.63) is 29.8 Å². The number of benzene rings is 1. The van der Waals surface area contributed by atoms with Crippen LogP contribution in [0, 0.1) is 0 Å². The number of unbranched alkanes of at least 4 members (excludes halogenated alkanes) is 1. The molecule has 0 fully saturated rings. The molecule has 0 bridgehead atoms. The quantitative estimate of drug-likeness (QED) is 0.475. The van der Waals surface area contributed by atoms with Gasteiger partial charge in [-0.1, -0.05) is 54.5 Å². The van der Waals surface area contributed by atoms with Crippen molar-refractivity contribution in [2.75, 3.05) is 0 Å². The molecular formula is C12H17IO3S. The molecule has 1 aromatic carbocycles. The Hall–Kier alpha value is -0.140. The SMILES string of the molecule is CCCCC(I)Cc1cccc(S(=O)(=O)O)c1. The molecule has 0 aliphatic rings. The third-order valence-electron chi connectivity index (χ3n) is 2.52. The third kappa shape index (κ3) is 5.35. The Kier molecular flexibility index (Phi) is 5.88. The van der Waals surface area contributed by atoms with Crippen LogP contribution in [0.1, 0.15) is 31.7 Å². The molecule has 0 saturated carbocycles.